The first-order chi connectivity index (χ1) is 10.2. The molecule has 1 atom stereocenters. The molecule has 0 heterocycles. The number of hydrogen-bond acceptors (Lipinski definition) is 2. The second-order valence-corrected chi connectivity index (χ2v) is 5.17. The van der Waals surface area contributed by atoms with E-state index in [0.29, 0.717) is 6.04 Å². The molecular weight excluding hydrogens is 258 g/mol. The van der Waals surface area contributed by atoms with E-state index in [2.05, 4.69) is 67.7 Å². The van der Waals surface area contributed by atoms with Crippen LogP contribution in [0.5, 0.6) is 5.75 Å². The van der Waals surface area contributed by atoms with Crippen molar-refractivity contribution in [2.24, 2.45) is 0 Å². The Morgan fingerprint density at radius 3 is 2.71 bits per heavy atom. The summed E-state index contributed by atoms with van der Waals surface area (Å²) in [6.45, 7) is 5.13. The summed E-state index contributed by atoms with van der Waals surface area (Å²) in [6, 6.07) is 16.9. The average molecular weight is 281 g/mol. The maximum Gasteiger partial charge on any atom is 0.119 e. The van der Waals surface area contributed by atoms with Gasteiger partial charge in [0.2, 0.25) is 0 Å². The molecule has 0 aliphatic rings. The van der Waals surface area contributed by atoms with Crippen LogP contribution in [-0.2, 0) is 0 Å². The minimum Gasteiger partial charge on any atom is -0.497 e. The zero-order valence-electron chi connectivity index (χ0n) is 13.0. The number of benzene rings is 2. The molecule has 0 aliphatic heterocycles. The second kappa shape index (κ2) is 7.65. The van der Waals surface area contributed by atoms with E-state index in [0.717, 1.165) is 12.3 Å². The molecule has 0 saturated carbocycles. The molecule has 0 bridgehead atoms. The number of methoxy groups -OCH3 is 1. The van der Waals surface area contributed by atoms with Crippen molar-refractivity contribution in [1.29, 1.82) is 0 Å². The maximum atomic E-state index is 5.26. The number of rotatable bonds is 6. The third kappa shape index (κ3) is 4.47. The average Bonchev–Trinajstić information content (AvgIpc) is 2.53. The van der Waals surface area contributed by atoms with Crippen molar-refractivity contribution in [3.8, 4) is 5.75 Å². The van der Waals surface area contributed by atoms with Gasteiger partial charge in [-0.25, -0.2) is 0 Å². The van der Waals surface area contributed by atoms with E-state index < -0.39 is 0 Å². The lowest BCUT2D eigenvalue weighted by molar-refractivity contribution is 0.413. The summed E-state index contributed by atoms with van der Waals surface area (Å²) in [4.78, 5) is 0. The molecule has 2 heteroatoms. The predicted molar refractivity (Wildman–Crippen MR) is 89.6 cm³/mol. The largest absolute Gasteiger partial charge is 0.497 e. The molecule has 1 N–H and O–H groups in total. The number of hydrogen-bond donors (Lipinski definition) is 1. The van der Waals surface area contributed by atoms with E-state index >= 15 is 0 Å². The Kier molecular flexibility index (Phi) is 5.59. The van der Waals surface area contributed by atoms with Gasteiger partial charge in [-0.3, -0.25) is 0 Å². The second-order valence-electron chi connectivity index (χ2n) is 5.17. The van der Waals surface area contributed by atoms with Gasteiger partial charge >= 0.3 is 0 Å². The molecule has 0 aliphatic carbocycles. The van der Waals surface area contributed by atoms with Crippen LogP contribution in [-0.4, -0.2) is 13.7 Å². The zero-order chi connectivity index (χ0) is 15.1. The summed E-state index contributed by atoms with van der Waals surface area (Å²) >= 11 is 0. The Hall–Kier alpha value is -2.06. The Labute approximate surface area is 127 Å². The molecule has 2 nitrogen and oxygen atoms in total. The van der Waals surface area contributed by atoms with Crippen molar-refractivity contribution < 1.29 is 4.74 Å². The van der Waals surface area contributed by atoms with Gasteiger partial charge in [0.1, 0.15) is 5.75 Å². The monoisotopic (exact) mass is 281 g/mol. The molecule has 0 radical (unpaired) electrons. The molecular formula is C19H23NO. The van der Waals surface area contributed by atoms with E-state index in [1.807, 2.05) is 12.1 Å². The lowest BCUT2D eigenvalue weighted by Gasteiger charge is -2.13. The lowest BCUT2D eigenvalue weighted by Crippen LogP contribution is -2.18. The summed E-state index contributed by atoms with van der Waals surface area (Å²) in [6.07, 6.45) is 4.33. The van der Waals surface area contributed by atoms with Gasteiger partial charge in [0.25, 0.3) is 0 Å². The van der Waals surface area contributed by atoms with Crippen LogP contribution in [0, 0.1) is 6.92 Å². The SMILES string of the molecule is COc1cccc([C@H](C)NC/C=C/c2ccccc2C)c1. The Balaban J connectivity index is 1.89. The molecule has 0 spiro atoms. The highest BCUT2D eigenvalue weighted by molar-refractivity contribution is 5.53. The van der Waals surface area contributed by atoms with Crippen molar-refractivity contribution in [3.05, 3.63) is 71.3 Å². The van der Waals surface area contributed by atoms with Crippen LogP contribution < -0.4 is 10.1 Å². The van der Waals surface area contributed by atoms with E-state index in [9.17, 15) is 0 Å². The quantitative estimate of drug-likeness (QED) is 0.849. The molecule has 0 fully saturated rings. The van der Waals surface area contributed by atoms with Gasteiger partial charge < -0.3 is 10.1 Å². The van der Waals surface area contributed by atoms with Crippen LogP contribution in [0.4, 0.5) is 0 Å². The van der Waals surface area contributed by atoms with Crippen LogP contribution >= 0.6 is 0 Å². The fraction of sp³-hybridized carbons (Fsp3) is 0.263. The first-order valence-electron chi connectivity index (χ1n) is 7.30. The van der Waals surface area contributed by atoms with E-state index in [1.54, 1.807) is 7.11 Å². The summed E-state index contributed by atoms with van der Waals surface area (Å²) in [5.74, 6) is 0.900. The molecule has 0 aromatic heterocycles. The van der Waals surface area contributed by atoms with Crippen LogP contribution in [0.1, 0.15) is 29.7 Å². The van der Waals surface area contributed by atoms with Gasteiger partial charge in [-0.05, 0) is 42.7 Å². The first-order valence-corrected chi connectivity index (χ1v) is 7.30. The summed E-state index contributed by atoms with van der Waals surface area (Å²) in [5.41, 5.74) is 3.81. The maximum absolute atomic E-state index is 5.26. The van der Waals surface area contributed by atoms with Crippen molar-refractivity contribution in [3.63, 3.8) is 0 Å². The highest BCUT2D eigenvalue weighted by atomic mass is 16.5. The minimum atomic E-state index is 0.293. The van der Waals surface area contributed by atoms with Crippen LogP contribution in [0.2, 0.25) is 0 Å². The third-order valence-corrected chi connectivity index (χ3v) is 3.62. The minimum absolute atomic E-state index is 0.293. The molecule has 0 amide bonds. The summed E-state index contributed by atoms with van der Waals surface area (Å²) in [5, 5.41) is 3.50. The van der Waals surface area contributed by atoms with Crippen molar-refractivity contribution in [1.82, 2.24) is 5.32 Å². The van der Waals surface area contributed by atoms with Crippen LogP contribution in [0.15, 0.2) is 54.6 Å². The fourth-order valence-electron chi connectivity index (χ4n) is 2.23. The smallest absolute Gasteiger partial charge is 0.119 e. The topological polar surface area (TPSA) is 21.3 Å². The lowest BCUT2D eigenvalue weighted by atomic mass is 10.1. The van der Waals surface area contributed by atoms with Gasteiger partial charge in [0, 0.05) is 12.6 Å². The fourth-order valence-corrected chi connectivity index (χ4v) is 2.23. The zero-order valence-corrected chi connectivity index (χ0v) is 13.0. The molecule has 2 aromatic carbocycles. The molecule has 0 saturated heterocycles. The molecule has 2 aromatic rings. The Morgan fingerprint density at radius 2 is 1.95 bits per heavy atom. The molecule has 110 valence electrons. The van der Waals surface area contributed by atoms with Crippen molar-refractivity contribution in [2.75, 3.05) is 13.7 Å². The number of aryl methyl sites for hydroxylation is 1. The standard InChI is InChI=1S/C19H23NO/c1-15-8-4-5-9-17(15)11-7-13-20-16(2)18-10-6-12-19(14-18)21-3/h4-12,14,16,20H,13H2,1-3H3/b11-7+/t16-/m0/s1. The summed E-state index contributed by atoms with van der Waals surface area (Å²) < 4.78 is 5.26. The Bertz CT molecular complexity index is 604. The van der Waals surface area contributed by atoms with Crippen molar-refractivity contribution in [2.45, 2.75) is 19.9 Å². The van der Waals surface area contributed by atoms with Crippen molar-refractivity contribution >= 4 is 6.08 Å². The summed E-state index contributed by atoms with van der Waals surface area (Å²) in [7, 11) is 1.70. The van der Waals surface area contributed by atoms with E-state index in [4.69, 9.17) is 4.74 Å². The molecule has 0 unspecified atom stereocenters. The predicted octanol–water partition coefficient (Wildman–Crippen LogP) is 4.37. The van der Waals surface area contributed by atoms with Gasteiger partial charge in [0.05, 0.1) is 7.11 Å². The Morgan fingerprint density at radius 1 is 1.14 bits per heavy atom. The number of nitrogens with one attached hydrogen (secondary N) is 1. The van der Waals surface area contributed by atoms with Crippen LogP contribution in [0.3, 0.4) is 0 Å². The van der Waals surface area contributed by atoms with E-state index in [1.165, 1.54) is 16.7 Å². The molecule has 21 heavy (non-hydrogen) atoms. The van der Waals surface area contributed by atoms with Gasteiger partial charge in [-0.1, -0.05) is 48.6 Å². The van der Waals surface area contributed by atoms with Gasteiger partial charge in [0.15, 0.2) is 0 Å². The van der Waals surface area contributed by atoms with Gasteiger partial charge in [-0.2, -0.15) is 0 Å². The van der Waals surface area contributed by atoms with Crippen LogP contribution in [0.25, 0.3) is 6.08 Å². The normalized spacial score (nSPS) is 12.5. The molecule has 2 rings (SSSR count). The highest BCUT2D eigenvalue weighted by Crippen LogP contribution is 2.18. The third-order valence-electron chi connectivity index (χ3n) is 3.62. The highest BCUT2D eigenvalue weighted by Gasteiger charge is 2.04. The van der Waals surface area contributed by atoms with E-state index in [-0.39, 0.29) is 0 Å². The first kappa shape index (κ1) is 15.3. The van der Waals surface area contributed by atoms with Gasteiger partial charge in [-0.15, -0.1) is 0 Å². The number of ether oxygens (including phenoxy) is 1.